The summed E-state index contributed by atoms with van der Waals surface area (Å²) in [6, 6.07) is 2.69. The van der Waals surface area contributed by atoms with Crippen molar-refractivity contribution >= 4 is 17.7 Å². The molecule has 8 heteroatoms. The lowest BCUT2D eigenvalue weighted by Gasteiger charge is -2.33. The summed E-state index contributed by atoms with van der Waals surface area (Å²) in [5.41, 5.74) is -2.33. The maximum absolute atomic E-state index is 14.0. The highest BCUT2D eigenvalue weighted by molar-refractivity contribution is 7.96. The number of halogens is 2. The maximum atomic E-state index is 14.0. The van der Waals surface area contributed by atoms with Crippen LogP contribution >= 0.6 is 12.6 Å². The Morgan fingerprint density at radius 3 is 2.81 bits per heavy atom. The molecule has 0 aliphatic heterocycles. The summed E-state index contributed by atoms with van der Waals surface area (Å²) in [6.45, 7) is 1.12. The lowest BCUT2D eigenvalue weighted by Crippen LogP contribution is -2.41. The average Bonchev–Trinajstić information content (AvgIpc) is 2.93. The predicted molar refractivity (Wildman–Crippen MR) is 73.4 cm³/mol. The second-order valence-electron chi connectivity index (χ2n) is 4.70. The molecule has 0 amide bonds. The van der Waals surface area contributed by atoms with Crippen LogP contribution in [0.4, 0.5) is 8.78 Å². The number of hydrogen-bond donors (Lipinski definition) is 2. The van der Waals surface area contributed by atoms with Crippen molar-refractivity contribution in [3.05, 3.63) is 48.1 Å². The van der Waals surface area contributed by atoms with Crippen molar-refractivity contribution in [3.8, 4) is 0 Å². The molecule has 0 bridgehead atoms. The lowest BCUT2D eigenvalue weighted by molar-refractivity contribution is -0.125. The van der Waals surface area contributed by atoms with E-state index in [0.29, 0.717) is 0 Å². The van der Waals surface area contributed by atoms with Crippen molar-refractivity contribution in [1.29, 1.82) is 0 Å². The van der Waals surface area contributed by atoms with Crippen molar-refractivity contribution in [2.24, 2.45) is 5.92 Å². The van der Waals surface area contributed by atoms with Gasteiger partial charge in [0.25, 0.3) is 0 Å². The summed E-state index contributed by atoms with van der Waals surface area (Å²) in [6.07, 6.45) is 2.54. The molecule has 0 unspecified atom stereocenters. The molecular weight excluding hydrogens is 300 g/mol. The molecule has 21 heavy (non-hydrogen) atoms. The van der Waals surface area contributed by atoms with Crippen LogP contribution in [0.2, 0.25) is 0 Å². The zero-order chi connectivity index (χ0) is 15.6. The van der Waals surface area contributed by atoms with Crippen molar-refractivity contribution in [1.82, 2.24) is 14.8 Å². The largest absolute Gasteiger partial charge is 0.382 e. The number of rotatable bonds is 5. The molecule has 0 saturated heterocycles. The zero-order valence-electron chi connectivity index (χ0n) is 11.1. The van der Waals surface area contributed by atoms with Gasteiger partial charge in [-0.05, 0) is 18.2 Å². The quantitative estimate of drug-likeness (QED) is 0.822. The number of aromatic nitrogens is 3. The summed E-state index contributed by atoms with van der Waals surface area (Å²) in [5.74, 6) is -2.62. The molecule has 1 heterocycles. The number of nitrogens with zero attached hydrogens (tertiary/aromatic N) is 3. The predicted octanol–water partition coefficient (Wildman–Crippen LogP) is 1.54. The first-order chi connectivity index (χ1) is 9.84. The number of thiol groups is 1. The number of carbonyl (C=O) groups is 1. The van der Waals surface area contributed by atoms with E-state index in [1.165, 1.54) is 24.3 Å². The monoisotopic (exact) mass is 313 g/mol. The summed E-state index contributed by atoms with van der Waals surface area (Å²) in [5, 5.41) is 14.0. The SMILES string of the molecule is C[C@@H](C(=O)S)[C@](O)(Cn1cncn1)c1cc(F)ccc1F. The van der Waals surface area contributed by atoms with Crippen LogP contribution in [0.15, 0.2) is 30.9 Å². The topological polar surface area (TPSA) is 68.0 Å². The molecule has 112 valence electrons. The summed E-state index contributed by atoms with van der Waals surface area (Å²) in [7, 11) is 0. The van der Waals surface area contributed by atoms with Crippen molar-refractivity contribution in [3.63, 3.8) is 0 Å². The van der Waals surface area contributed by atoms with Crippen LogP contribution < -0.4 is 0 Å². The first-order valence-corrected chi connectivity index (χ1v) is 6.52. The standard InChI is InChI=1S/C13H13F2N3O2S/c1-8(12(19)21)13(20,5-18-7-16-6-17-18)10-4-9(14)2-3-11(10)15/h2-4,6-8,20H,5H2,1H3,(H,19,21)/t8-,13+/m0/s1. The minimum atomic E-state index is -2.00. The maximum Gasteiger partial charge on any atom is 0.192 e. The van der Waals surface area contributed by atoms with E-state index >= 15 is 0 Å². The molecule has 1 aromatic carbocycles. The molecule has 1 N–H and O–H groups in total. The second-order valence-corrected chi connectivity index (χ2v) is 5.14. The Hall–Kier alpha value is -1.80. The van der Waals surface area contributed by atoms with Crippen molar-refractivity contribution in [2.45, 2.75) is 19.1 Å². The first kappa shape index (κ1) is 15.6. The molecule has 0 aliphatic carbocycles. The molecule has 5 nitrogen and oxygen atoms in total. The average molecular weight is 313 g/mol. The molecule has 0 aliphatic rings. The molecule has 2 aromatic rings. The van der Waals surface area contributed by atoms with E-state index in [9.17, 15) is 18.7 Å². The molecule has 0 radical (unpaired) electrons. The van der Waals surface area contributed by atoms with E-state index in [1.54, 1.807) is 0 Å². The van der Waals surface area contributed by atoms with E-state index in [0.717, 1.165) is 18.2 Å². The highest BCUT2D eigenvalue weighted by Crippen LogP contribution is 2.34. The van der Waals surface area contributed by atoms with Crippen molar-refractivity contribution < 1.29 is 18.7 Å². The number of benzene rings is 1. The number of carbonyl (C=O) groups excluding carboxylic acids is 1. The van der Waals surface area contributed by atoms with Crippen LogP contribution in [0.5, 0.6) is 0 Å². The fraction of sp³-hybridized carbons (Fsp3) is 0.308. The Morgan fingerprint density at radius 1 is 1.52 bits per heavy atom. The minimum Gasteiger partial charge on any atom is -0.382 e. The highest BCUT2D eigenvalue weighted by Gasteiger charge is 2.41. The normalized spacial score (nSPS) is 15.5. The van der Waals surface area contributed by atoms with Gasteiger partial charge in [-0.1, -0.05) is 6.92 Å². The third kappa shape index (κ3) is 3.11. The Labute approximate surface area is 125 Å². The van der Waals surface area contributed by atoms with Gasteiger partial charge >= 0.3 is 0 Å². The summed E-state index contributed by atoms with van der Waals surface area (Å²) in [4.78, 5) is 15.2. The van der Waals surface area contributed by atoms with E-state index in [4.69, 9.17) is 0 Å². The van der Waals surface area contributed by atoms with Gasteiger partial charge in [-0.3, -0.25) is 4.79 Å². The van der Waals surface area contributed by atoms with Gasteiger partial charge in [0.15, 0.2) is 5.12 Å². The second kappa shape index (κ2) is 5.90. The van der Waals surface area contributed by atoms with Gasteiger partial charge in [-0.2, -0.15) is 5.10 Å². The lowest BCUT2D eigenvalue weighted by atomic mass is 9.82. The Kier molecular flexibility index (Phi) is 4.38. The summed E-state index contributed by atoms with van der Waals surface area (Å²) >= 11 is 3.69. The molecule has 0 spiro atoms. The Morgan fingerprint density at radius 2 is 2.24 bits per heavy atom. The van der Waals surface area contributed by atoms with Crippen LogP contribution in [0.1, 0.15) is 12.5 Å². The van der Waals surface area contributed by atoms with Gasteiger partial charge in [-0.25, -0.2) is 18.4 Å². The highest BCUT2D eigenvalue weighted by atomic mass is 32.1. The van der Waals surface area contributed by atoms with Crippen molar-refractivity contribution in [2.75, 3.05) is 0 Å². The fourth-order valence-corrected chi connectivity index (χ4v) is 2.26. The van der Waals surface area contributed by atoms with Crippen LogP contribution in [0, 0.1) is 17.6 Å². The fourth-order valence-electron chi connectivity index (χ4n) is 2.05. The van der Waals surface area contributed by atoms with Gasteiger partial charge in [0.1, 0.15) is 29.9 Å². The van der Waals surface area contributed by atoms with Crippen LogP contribution in [0.25, 0.3) is 0 Å². The zero-order valence-corrected chi connectivity index (χ0v) is 12.0. The van der Waals surface area contributed by atoms with Crippen LogP contribution in [0.3, 0.4) is 0 Å². The summed E-state index contributed by atoms with van der Waals surface area (Å²) < 4.78 is 28.6. The van der Waals surface area contributed by atoms with E-state index < -0.39 is 28.3 Å². The molecule has 0 fully saturated rings. The van der Waals surface area contributed by atoms with E-state index in [-0.39, 0.29) is 12.1 Å². The van der Waals surface area contributed by atoms with Gasteiger partial charge in [-0.15, -0.1) is 12.6 Å². The minimum absolute atomic E-state index is 0.263. The van der Waals surface area contributed by atoms with E-state index in [1.807, 2.05) is 0 Å². The molecule has 2 rings (SSSR count). The third-order valence-electron chi connectivity index (χ3n) is 3.35. The van der Waals surface area contributed by atoms with Gasteiger partial charge < -0.3 is 5.11 Å². The number of aliphatic hydroxyl groups is 1. The van der Waals surface area contributed by atoms with Gasteiger partial charge in [0.2, 0.25) is 0 Å². The van der Waals surface area contributed by atoms with Gasteiger partial charge in [0.05, 0.1) is 12.5 Å². The smallest absolute Gasteiger partial charge is 0.192 e. The van der Waals surface area contributed by atoms with Gasteiger partial charge in [0, 0.05) is 5.56 Å². The van der Waals surface area contributed by atoms with E-state index in [2.05, 4.69) is 22.7 Å². The first-order valence-electron chi connectivity index (χ1n) is 6.07. The Bertz CT molecular complexity index is 651. The number of hydrogen-bond acceptors (Lipinski definition) is 4. The molecule has 0 saturated carbocycles. The van der Waals surface area contributed by atoms with Crippen LogP contribution in [-0.2, 0) is 16.9 Å². The molecule has 1 aromatic heterocycles. The Balaban J connectivity index is 2.54. The van der Waals surface area contributed by atoms with Crippen LogP contribution in [-0.4, -0.2) is 25.0 Å². The molecule has 2 atom stereocenters. The molecular formula is C13H13F2N3O2S. The third-order valence-corrected chi connectivity index (χ3v) is 3.74.